The van der Waals surface area contributed by atoms with Gasteiger partial charge in [0, 0.05) is 18.0 Å². The van der Waals surface area contributed by atoms with Crippen molar-refractivity contribution in [1.29, 1.82) is 0 Å². The first-order valence-corrected chi connectivity index (χ1v) is 6.53. The molecular formula is C8H13NO3S2. The standard InChI is InChI=1S/C8H13NO3S2/c1-7-3-4-8(13-7)14(11,12)9-5-2-6-10/h3-4,9-10H,2,5-6H2,1H3. The van der Waals surface area contributed by atoms with Crippen LogP contribution in [-0.4, -0.2) is 26.7 Å². The smallest absolute Gasteiger partial charge is 0.250 e. The summed E-state index contributed by atoms with van der Waals surface area (Å²) in [4.78, 5) is 0.965. The maximum Gasteiger partial charge on any atom is 0.250 e. The van der Waals surface area contributed by atoms with Crippen LogP contribution in [0.4, 0.5) is 0 Å². The molecule has 1 aromatic rings. The van der Waals surface area contributed by atoms with Crippen LogP contribution in [0.15, 0.2) is 16.3 Å². The summed E-state index contributed by atoms with van der Waals surface area (Å²) in [7, 11) is -3.35. The minimum absolute atomic E-state index is 0.00795. The Morgan fingerprint density at radius 1 is 1.50 bits per heavy atom. The summed E-state index contributed by atoms with van der Waals surface area (Å²) < 4.78 is 25.8. The number of aliphatic hydroxyl groups excluding tert-OH is 1. The first-order chi connectivity index (χ1) is 6.56. The lowest BCUT2D eigenvalue weighted by atomic mass is 10.5. The third kappa shape index (κ3) is 3.06. The molecule has 0 atom stereocenters. The van der Waals surface area contributed by atoms with Gasteiger partial charge in [-0.1, -0.05) is 0 Å². The molecule has 0 aromatic carbocycles. The van der Waals surface area contributed by atoms with E-state index in [4.69, 9.17) is 5.11 Å². The Kier molecular flexibility index (Phi) is 4.06. The Labute approximate surface area is 87.6 Å². The number of hydrogen-bond acceptors (Lipinski definition) is 4. The van der Waals surface area contributed by atoms with Crippen molar-refractivity contribution >= 4 is 21.4 Å². The van der Waals surface area contributed by atoms with Gasteiger partial charge in [-0.05, 0) is 25.5 Å². The highest BCUT2D eigenvalue weighted by molar-refractivity contribution is 7.91. The highest BCUT2D eigenvalue weighted by Crippen LogP contribution is 2.19. The van der Waals surface area contributed by atoms with E-state index in [0.717, 1.165) is 4.88 Å². The molecule has 1 aromatic heterocycles. The summed E-state index contributed by atoms with van der Waals surface area (Å²) in [5.41, 5.74) is 0. The van der Waals surface area contributed by atoms with Gasteiger partial charge in [0.15, 0.2) is 0 Å². The second-order valence-electron chi connectivity index (χ2n) is 2.84. The molecule has 1 rings (SSSR count). The Hall–Kier alpha value is -0.430. The second kappa shape index (κ2) is 4.88. The van der Waals surface area contributed by atoms with Crippen LogP contribution < -0.4 is 4.72 Å². The number of thiophene rings is 1. The van der Waals surface area contributed by atoms with Gasteiger partial charge in [-0.25, -0.2) is 13.1 Å². The molecule has 0 fully saturated rings. The van der Waals surface area contributed by atoms with Gasteiger partial charge in [0.05, 0.1) is 0 Å². The van der Waals surface area contributed by atoms with Crippen molar-refractivity contribution < 1.29 is 13.5 Å². The molecule has 0 spiro atoms. The van der Waals surface area contributed by atoms with Gasteiger partial charge in [-0.2, -0.15) is 0 Å². The predicted octanol–water partition coefficient (Wildman–Crippen LogP) is 0.717. The van der Waals surface area contributed by atoms with Gasteiger partial charge < -0.3 is 5.11 Å². The van der Waals surface area contributed by atoms with Crippen LogP contribution >= 0.6 is 11.3 Å². The molecule has 6 heteroatoms. The summed E-state index contributed by atoms with van der Waals surface area (Å²) in [6.07, 6.45) is 0.434. The van der Waals surface area contributed by atoms with E-state index in [0.29, 0.717) is 10.6 Å². The molecule has 14 heavy (non-hydrogen) atoms. The minimum atomic E-state index is -3.35. The zero-order valence-corrected chi connectivity index (χ0v) is 9.49. The maximum atomic E-state index is 11.5. The van der Waals surface area contributed by atoms with Crippen molar-refractivity contribution in [3.8, 4) is 0 Å². The van der Waals surface area contributed by atoms with E-state index in [1.807, 2.05) is 6.92 Å². The van der Waals surface area contributed by atoms with Crippen LogP contribution in [-0.2, 0) is 10.0 Å². The van der Waals surface area contributed by atoms with E-state index in [-0.39, 0.29) is 13.2 Å². The summed E-state index contributed by atoms with van der Waals surface area (Å²) in [5, 5.41) is 8.51. The number of nitrogens with one attached hydrogen (secondary N) is 1. The fourth-order valence-electron chi connectivity index (χ4n) is 0.913. The molecule has 0 aliphatic carbocycles. The molecule has 1 heterocycles. The molecule has 0 unspecified atom stereocenters. The Morgan fingerprint density at radius 3 is 2.71 bits per heavy atom. The van der Waals surface area contributed by atoms with Gasteiger partial charge in [-0.15, -0.1) is 11.3 Å². The van der Waals surface area contributed by atoms with E-state index < -0.39 is 10.0 Å². The highest BCUT2D eigenvalue weighted by atomic mass is 32.2. The van der Waals surface area contributed by atoms with Crippen LogP contribution in [0.25, 0.3) is 0 Å². The van der Waals surface area contributed by atoms with Crippen molar-refractivity contribution in [1.82, 2.24) is 4.72 Å². The third-order valence-electron chi connectivity index (χ3n) is 1.61. The summed E-state index contributed by atoms with van der Waals surface area (Å²) in [5.74, 6) is 0. The molecule has 80 valence electrons. The van der Waals surface area contributed by atoms with Crippen LogP contribution in [0.3, 0.4) is 0 Å². The normalized spacial score (nSPS) is 11.9. The Balaban J connectivity index is 2.66. The zero-order chi connectivity index (χ0) is 10.6. The monoisotopic (exact) mass is 235 g/mol. The summed E-state index contributed by atoms with van der Waals surface area (Å²) >= 11 is 1.24. The van der Waals surface area contributed by atoms with Crippen molar-refractivity contribution in [2.75, 3.05) is 13.2 Å². The van der Waals surface area contributed by atoms with Crippen LogP contribution in [0.1, 0.15) is 11.3 Å². The number of sulfonamides is 1. The third-order valence-corrected chi connectivity index (χ3v) is 4.56. The van der Waals surface area contributed by atoms with Gasteiger partial charge in [-0.3, -0.25) is 0 Å². The fraction of sp³-hybridized carbons (Fsp3) is 0.500. The molecule has 0 aliphatic rings. The number of aryl methyl sites for hydroxylation is 1. The van der Waals surface area contributed by atoms with Gasteiger partial charge >= 0.3 is 0 Å². The lowest BCUT2D eigenvalue weighted by Crippen LogP contribution is -2.24. The molecule has 0 bridgehead atoms. The van der Waals surface area contributed by atoms with Gasteiger partial charge in [0.2, 0.25) is 10.0 Å². The van der Waals surface area contributed by atoms with Crippen LogP contribution in [0, 0.1) is 6.92 Å². The maximum absolute atomic E-state index is 11.5. The first kappa shape index (κ1) is 11.6. The summed E-state index contributed by atoms with van der Waals surface area (Å²) in [6, 6.07) is 3.35. The van der Waals surface area contributed by atoms with E-state index in [2.05, 4.69) is 4.72 Å². The molecule has 0 saturated carbocycles. The lowest BCUT2D eigenvalue weighted by molar-refractivity contribution is 0.289. The van der Waals surface area contributed by atoms with Crippen molar-refractivity contribution in [2.45, 2.75) is 17.6 Å². The van der Waals surface area contributed by atoms with E-state index in [1.54, 1.807) is 12.1 Å². The highest BCUT2D eigenvalue weighted by Gasteiger charge is 2.14. The van der Waals surface area contributed by atoms with Gasteiger partial charge in [0.25, 0.3) is 0 Å². The SMILES string of the molecule is Cc1ccc(S(=O)(=O)NCCCO)s1. The number of rotatable bonds is 5. The van der Waals surface area contributed by atoms with E-state index in [1.165, 1.54) is 11.3 Å². The average molecular weight is 235 g/mol. The van der Waals surface area contributed by atoms with E-state index >= 15 is 0 Å². The largest absolute Gasteiger partial charge is 0.396 e. The molecular weight excluding hydrogens is 222 g/mol. The number of hydrogen-bond donors (Lipinski definition) is 2. The van der Waals surface area contributed by atoms with E-state index in [9.17, 15) is 8.42 Å². The Bertz CT molecular complexity index is 383. The lowest BCUT2D eigenvalue weighted by Gasteiger charge is -2.02. The topological polar surface area (TPSA) is 66.4 Å². The van der Waals surface area contributed by atoms with Crippen molar-refractivity contribution in [3.05, 3.63) is 17.0 Å². The van der Waals surface area contributed by atoms with Crippen LogP contribution in [0.2, 0.25) is 0 Å². The Morgan fingerprint density at radius 2 is 2.21 bits per heavy atom. The quantitative estimate of drug-likeness (QED) is 0.739. The van der Waals surface area contributed by atoms with Gasteiger partial charge in [0.1, 0.15) is 4.21 Å². The average Bonchev–Trinajstić information content (AvgIpc) is 2.53. The minimum Gasteiger partial charge on any atom is -0.396 e. The second-order valence-corrected chi connectivity index (χ2v) is 6.12. The molecule has 4 nitrogen and oxygen atoms in total. The van der Waals surface area contributed by atoms with Crippen LogP contribution in [0.5, 0.6) is 0 Å². The van der Waals surface area contributed by atoms with Crippen molar-refractivity contribution in [2.24, 2.45) is 0 Å². The molecule has 0 aliphatic heterocycles. The summed E-state index contributed by atoms with van der Waals surface area (Å²) in [6.45, 7) is 2.12. The number of aliphatic hydroxyl groups is 1. The zero-order valence-electron chi connectivity index (χ0n) is 7.86. The molecule has 0 radical (unpaired) electrons. The predicted molar refractivity (Wildman–Crippen MR) is 55.9 cm³/mol. The molecule has 2 N–H and O–H groups in total. The molecule has 0 saturated heterocycles. The first-order valence-electron chi connectivity index (χ1n) is 4.23. The fourth-order valence-corrected chi connectivity index (χ4v) is 3.32. The molecule has 0 amide bonds. The van der Waals surface area contributed by atoms with Crippen molar-refractivity contribution in [3.63, 3.8) is 0 Å².